The number of hydrogen-bond donors (Lipinski definition) is 2. The fourth-order valence-electron chi connectivity index (χ4n) is 4.58. The first-order valence-corrected chi connectivity index (χ1v) is 11.5. The number of nitrogens with zero attached hydrogens (tertiary/aromatic N) is 1. The molecule has 0 fully saturated rings. The lowest BCUT2D eigenvalue weighted by molar-refractivity contribution is 0.0934. The Balaban J connectivity index is 1.56. The molecule has 2 aromatic carbocycles. The fraction of sp³-hybridized carbons (Fsp3) is 0.375. The van der Waals surface area contributed by atoms with E-state index in [0.717, 1.165) is 52.2 Å². The number of anilines is 1. The molecular formula is C24H27N3O2S. The number of nitrogens with one attached hydrogen (secondary N) is 2. The number of carbonyl (C=O) groups excluding carboxylic acids is 1. The molecule has 0 saturated carbocycles. The van der Waals surface area contributed by atoms with Crippen molar-refractivity contribution in [2.24, 2.45) is 0 Å². The molecule has 2 N–H and O–H groups in total. The molecular weight excluding hydrogens is 394 g/mol. The van der Waals surface area contributed by atoms with Crippen LogP contribution in [0.2, 0.25) is 0 Å². The molecule has 0 aliphatic carbocycles. The van der Waals surface area contributed by atoms with Gasteiger partial charge in [-0.1, -0.05) is 30.3 Å². The van der Waals surface area contributed by atoms with Crippen LogP contribution in [0.5, 0.6) is 5.75 Å². The predicted molar refractivity (Wildman–Crippen MR) is 123 cm³/mol. The summed E-state index contributed by atoms with van der Waals surface area (Å²) in [5, 5.41) is 10.0. The molecule has 0 spiro atoms. The predicted octanol–water partition coefficient (Wildman–Crippen LogP) is 4.92. The number of benzene rings is 2. The topological polar surface area (TPSA) is 53.6 Å². The largest absolute Gasteiger partial charge is 0.493 e. The molecule has 2 aliphatic heterocycles. The van der Waals surface area contributed by atoms with E-state index in [2.05, 4.69) is 47.6 Å². The quantitative estimate of drug-likeness (QED) is 0.628. The number of amides is 1. The zero-order valence-electron chi connectivity index (χ0n) is 17.6. The first kappa shape index (κ1) is 19.4. The Hall–Kier alpha value is -2.57. The minimum Gasteiger partial charge on any atom is -0.493 e. The number of carbonyl (C=O) groups is 1. The van der Waals surface area contributed by atoms with Gasteiger partial charge in [-0.2, -0.15) is 0 Å². The number of fused-ring (bicyclic) bond motifs is 4. The lowest BCUT2D eigenvalue weighted by atomic mass is 9.97. The summed E-state index contributed by atoms with van der Waals surface area (Å²) in [6, 6.07) is 12.8. The lowest BCUT2D eigenvalue weighted by Gasteiger charge is -2.31. The minimum atomic E-state index is -0.320. The van der Waals surface area contributed by atoms with Crippen molar-refractivity contribution in [2.75, 3.05) is 18.5 Å². The number of hydrogen-bond acceptors (Lipinski definition) is 5. The van der Waals surface area contributed by atoms with E-state index in [-0.39, 0.29) is 12.1 Å². The van der Waals surface area contributed by atoms with E-state index in [4.69, 9.17) is 4.74 Å². The van der Waals surface area contributed by atoms with E-state index in [0.29, 0.717) is 12.6 Å². The maximum Gasteiger partial charge on any atom is 0.256 e. The van der Waals surface area contributed by atoms with Gasteiger partial charge in [-0.3, -0.25) is 9.69 Å². The van der Waals surface area contributed by atoms with Gasteiger partial charge in [0.05, 0.1) is 12.2 Å². The molecule has 156 valence electrons. The standard InChI is InChI=1S/C24H27N3O2S/c1-4-29-18-10-9-15-7-5-6-8-16(15)20(18)22-25-23(28)21-17-11-12-27(14(2)3)13-19(17)30-24(21)26-22/h5-10,14,22,26H,4,11-13H2,1-3H3,(H,25,28)/t22-/m0/s1. The van der Waals surface area contributed by atoms with Gasteiger partial charge in [-0.05, 0) is 49.6 Å². The van der Waals surface area contributed by atoms with E-state index >= 15 is 0 Å². The van der Waals surface area contributed by atoms with Gasteiger partial charge in [-0.15, -0.1) is 11.3 Å². The van der Waals surface area contributed by atoms with Gasteiger partial charge in [0.1, 0.15) is 16.9 Å². The van der Waals surface area contributed by atoms with E-state index in [1.807, 2.05) is 25.1 Å². The molecule has 2 aliphatic rings. The Labute approximate surface area is 181 Å². The molecule has 0 saturated heterocycles. The zero-order chi connectivity index (χ0) is 20.8. The Bertz CT molecular complexity index is 1120. The van der Waals surface area contributed by atoms with Gasteiger partial charge >= 0.3 is 0 Å². The average Bonchev–Trinajstić information content (AvgIpc) is 3.11. The van der Waals surface area contributed by atoms with Crippen molar-refractivity contribution in [1.29, 1.82) is 0 Å². The third-order valence-electron chi connectivity index (χ3n) is 6.11. The summed E-state index contributed by atoms with van der Waals surface area (Å²) in [7, 11) is 0. The van der Waals surface area contributed by atoms with Crippen molar-refractivity contribution in [3.05, 3.63) is 58.0 Å². The van der Waals surface area contributed by atoms with Gasteiger partial charge in [0, 0.05) is 29.6 Å². The third kappa shape index (κ3) is 3.15. The maximum atomic E-state index is 13.2. The Kier molecular flexibility index (Phi) is 4.91. The summed E-state index contributed by atoms with van der Waals surface area (Å²) in [5.41, 5.74) is 3.05. The SMILES string of the molecule is CCOc1ccc2ccccc2c1[C@H]1NC(=O)c2c(sc3c2CCN(C(C)C)C3)N1. The normalized spacial score (nSPS) is 18.7. The lowest BCUT2D eigenvalue weighted by Crippen LogP contribution is -2.39. The van der Waals surface area contributed by atoms with Gasteiger partial charge in [-0.25, -0.2) is 0 Å². The van der Waals surface area contributed by atoms with Crippen molar-refractivity contribution in [3.8, 4) is 5.75 Å². The van der Waals surface area contributed by atoms with Crippen LogP contribution in [0, 0.1) is 0 Å². The average molecular weight is 422 g/mol. The van der Waals surface area contributed by atoms with Crippen LogP contribution in [0.3, 0.4) is 0 Å². The fourth-order valence-corrected chi connectivity index (χ4v) is 5.87. The maximum absolute atomic E-state index is 13.2. The summed E-state index contributed by atoms with van der Waals surface area (Å²) < 4.78 is 5.95. The number of ether oxygens (including phenoxy) is 1. The van der Waals surface area contributed by atoms with E-state index in [1.54, 1.807) is 11.3 Å². The van der Waals surface area contributed by atoms with Gasteiger partial charge in [0.15, 0.2) is 0 Å². The molecule has 0 radical (unpaired) electrons. The molecule has 30 heavy (non-hydrogen) atoms. The summed E-state index contributed by atoms with van der Waals surface area (Å²) >= 11 is 1.73. The van der Waals surface area contributed by atoms with E-state index < -0.39 is 0 Å². The molecule has 0 bridgehead atoms. The molecule has 6 heteroatoms. The molecule has 3 aromatic rings. The van der Waals surface area contributed by atoms with Crippen LogP contribution in [0.15, 0.2) is 36.4 Å². The van der Waals surface area contributed by atoms with Crippen molar-refractivity contribution >= 4 is 33.0 Å². The Morgan fingerprint density at radius 2 is 2.03 bits per heavy atom. The molecule has 5 nitrogen and oxygen atoms in total. The second kappa shape index (κ2) is 7.60. The highest BCUT2D eigenvalue weighted by Gasteiger charge is 2.35. The summed E-state index contributed by atoms with van der Waals surface area (Å²) in [4.78, 5) is 17.0. The summed E-state index contributed by atoms with van der Waals surface area (Å²) in [6.45, 7) is 8.95. The number of rotatable bonds is 4. The Morgan fingerprint density at radius 3 is 2.83 bits per heavy atom. The molecule has 3 heterocycles. The summed E-state index contributed by atoms with van der Waals surface area (Å²) in [6.07, 6.45) is 0.608. The van der Waals surface area contributed by atoms with Gasteiger partial charge in [0.2, 0.25) is 0 Å². The third-order valence-corrected chi connectivity index (χ3v) is 7.26. The van der Waals surface area contributed by atoms with E-state index in [9.17, 15) is 4.79 Å². The molecule has 1 amide bonds. The monoisotopic (exact) mass is 421 g/mol. The van der Waals surface area contributed by atoms with Crippen LogP contribution in [0.25, 0.3) is 10.8 Å². The van der Waals surface area contributed by atoms with Crippen molar-refractivity contribution in [3.63, 3.8) is 0 Å². The second-order valence-corrected chi connectivity index (χ2v) is 9.31. The van der Waals surface area contributed by atoms with Crippen LogP contribution >= 0.6 is 11.3 Å². The van der Waals surface area contributed by atoms with Crippen LogP contribution < -0.4 is 15.4 Å². The minimum absolute atomic E-state index is 0.0135. The van der Waals surface area contributed by atoms with Crippen LogP contribution in [0.1, 0.15) is 53.3 Å². The van der Waals surface area contributed by atoms with Crippen LogP contribution in [0.4, 0.5) is 5.00 Å². The zero-order valence-corrected chi connectivity index (χ0v) is 18.4. The van der Waals surface area contributed by atoms with Gasteiger partial charge < -0.3 is 15.4 Å². The van der Waals surface area contributed by atoms with E-state index in [1.165, 1.54) is 10.4 Å². The molecule has 0 unspecified atom stereocenters. The highest BCUT2D eigenvalue weighted by molar-refractivity contribution is 7.16. The number of thiophene rings is 1. The molecule has 1 atom stereocenters. The highest BCUT2D eigenvalue weighted by Crippen LogP contribution is 2.43. The molecule has 5 rings (SSSR count). The smallest absolute Gasteiger partial charge is 0.256 e. The van der Waals surface area contributed by atoms with Crippen molar-refractivity contribution in [2.45, 2.75) is 45.9 Å². The second-order valence-electron chi connectivity index (χ2n) is 8.20. The first-order chi connectivity index (χ1) is 14.6. The van der Waals surface area contributed by atoms with Gasteiger partial charge in [0.25, 0.3) is 5.91 Å². The van der Waals surface area contributed by atoms with Crippen molar-refractivity contribution < 1.29 is 9.53 Å². The first-order valence-electron chi connectivity index (χ1n) is 10.7. The van der Waals surface area contributed by atoms with Crippen molar-refractivity contribution in [1.82, 2.24) is 10.2 Å². The van der Waals surface area contributed by atoms with Crippen LogP contribution in [-0.2, 0) is 13.0 Å². The highest BCUT2D eigenvalue weighted by atomic mass is 32.1. The molecule has 1 aromatic heterocycles. The summed E-state index contributed by atoms with van der Waals surface area (Å²) in [5.74, 6) is 0.824. The Morgan fingerprint density at radius 1 is 1.20 bits per heavy atom. The van der Waals surface area contributed by atoms with Crippen LogP contribution in [-0.4, -0.2) is 30.0 Å².